The number of carbonyl (C=O) groups is 5. The van der Waals surface area contributed by atoms with E-state index < -0.39 is 72.0 Å². The molecule has 2 unspecified atom stereocenters. The van der Waals surface area contributed by atoms with Crippen molar-refractivity contribution in [3.05, 3.63) is 71.8 Å². The fourth-order valence-electron chi connectivity index (χ4n) is 4.80. The van der Waals surface area contributed by atoms with Gasteiger partial charge in [-0.25, -0.2) is 9.69 Å². The molecule has 12 heteroatoms. The first kappa shape index (κ1) is 38.1. The van der Waals surface area contributed by atoms with Gasteiger partial charge in [-0.1, -0.05) is 81.4 Å². The lowest BCUT2D eigenvalue weighted by Crippen LogP contribution is -2.57. The molecule has 0 aliphatic heterocycles. The van der Waals surface area contributed by atoms with Crippen LogP contribution in [0.4, 0.5) is 4.79 Å². The highest BCUT2D eigenvalue weighted by atomic mass is 16.6. The van der Waals surface area contributed by atoms with Crippen molar-refractivity contribution in [2.24, 2.45) is 23.3 Å². The topological polar surface area (TPSA) is 191 Å². The number of benzene rings is 2. The third-order valence-electron chi connectivity index (χ3n) is 7.66. The van der Waals surface area contributed by atoms with Crippen molar-refractivity contribution in [1.29, 1.82) is 0 Å². The van der Waals surface area contributed by atoms with Crippen LogP contribution in [-0.4, -0.2) is 76.0 Å². The summed E-state index contributed by atoms with van der Waals surface area (Å²) in [6, 6.07) is 13.7. The molecule has 3 amide bonds. The van der Waals surface area contributed by atoms with Gasteiger partial charge < -0.3 is 31.4 Å². The van der Waals surface area contributed by atoms with E-state index in [9.17, 15) is 29.1 Å². The van der Waals surface area contributed by atoms with Gasteiger partial charge in [-0.05, 0) is 43.7 Å². The molecule has 0 heterocycles. The Hall–Kier alpha value is -4.13. The molecular weight excluding hydrogens is 592 g/mol. The molecule has 0 spiro atoms. The summed E-state index contributed by atoms with van der Waals surface area (Å²) in [5.41, 5.74) is 13.5. The smallest absolute Gasteiger partial charge is 0.417 e. The number of nitrogens with one attached hydrogen (secondary N) is 1. The summed E-state index contributed by atoms with van der Waals surface area (Å²) in [5.74, 6) is -3.65. The van der Waals surface area contributed by atoms with Gasteiger partial charge in [0.2, 0.25) is 11.8 Å². The van der Waals surface area contributed by atoms with Crippen molar-refractivity contribution < 1.29 is 38.6 Å². The van der Waals surface area contributed by atoms with Crippen molar-refractivity contribution >= 4 is 29.7 Å². The van der Waals surface area contributed by atoms with Crippen LogP contribution in [0.1, 0.15) is 59.1 Å². The second kappa shape index (κ2) is 18.1. The van der Waals surface area contributed by atoms with Crippen LogP contribution in [0.25, 0.3) is 0 Å². The van der Waals surface area contributed by atoms with Gasteiger partial charge in [0.1, 0.15) is 12.6 Å². The van der Waals surface area contributed by atoms with E-state index in [0.717, 1.165) is 5.56 Å². The van der Waals surface area contributed by atoms with Gasteiger partial charge in [0.05, 0.1) is 24.2 Å². The minimum Gasteiger partial charge on any atom is -0.453 e. The van der Waals surface area contributed by atoms with Gasteiger partial charge in [-0.15, -0.1) is 0 Å². The van der Waals surface area contributed by atoms with Crippen LogP contribution in [0.15, 0.2) is 60.7 Å². The summed E-state index contributed by atoms with van der Waals surface area (Å²) in [6.07, 6.45) is -3.45. The molecule has 0 bridgehead atoms. The number of ketones is 1. The molecule has 0 aliphatic rings. The van der Waals surface area contributed by atoms with Crippen LogP contribution in [-0.2, 0) is 41.7 Å². The zero-order valence-corrected chi connectivity index (χ0v) is 27.4. The second-order valence-corrected chi connectivity index (χ2v) is 12.0. The summed E-state index contributed by atoms with van der Waals surface area (Å²) in [6.45, 7) is 9.00. The summed E-state index contributed by atoms with van der Waals surface area (Å²) < 4.78 is 10.6. The van der Waals surface area contributed by atoms with Gasteiger partial charge in [0.25, 0.3) is 0 Å². The maximum Gasteiger partial charge on any atom is 0.417 e. The van der Waals surface area contributed by atoms with E-state index in [4.69, 9.17) is 20.9 Å². The molecule has 252 valence electrons. The Labute approximate surface area is 270 Å². The molecular formula is C34H48N4O8. The third-order valence-corrected chi connectivity index (χ3v) is 7.66. The van der Waals surface area contributed by atoms with Gasteiger partial charge >= 0.3 is 12.1 Å². The molecule has 0 aromatic heterocycles. The van der Waals surface area contributed by atoms with E-state index in [2.05, 4.69) is 5.32 Å². The molecule has 7 atom stereocenters. The maximum absolute atomic E-state index is 13.6. The number of Topliss-reactive ketones (excluding diaryl/α,β-unsaturated/α-hetero) is 1. The molecule has 2 aromatic carbocycles. The molecule has 6 N–H and O–H groups in total. The Kier molecular flexibility index (Phi) is 15.0. The van der Waals surface area contributed by atoms with Gasteiger partial charge in [-0.2, -0.15) is 0 Å². The van der Waals surface area contributed by atoms with Gasteiger partial charge in [0.15, 0.2) is 11.9 Å². The van der Waals surface area contributed by atoms with E-state index in [-0.39, 0.29) is 25.4 Å². The van der Waals surface area contributed by atoms with Crippen molar-refractivity contribution in [2.75, 3.05) is 0 Å². The van der Waals surface area contributed by atoms with Crippen LogP contribution in [0.5, 0.6) is 0 Å². The molecule has 46 heavy (non-hydrogen) atoms. The van der Waals surface area contributed by atoms with E-state index in [1.807, 2.05) is 18.2 Å². The van der Waals surface area contributed by atoms with Crippen LogP contribution in [0.3, 0.4) is 0 Å². The predicted molar refractivity (Wildman–Crippen MR) is 172 cm³/mol. The van der Waals surface area contributed by atoms with Gasteiger partial charge in [0, 0.05) is 12.8 Å². The molecule has 2 aromatic rings. The standard InChI is InChI=1S/C34H48N4O8/c1-20(2)29(36)31(46-24(6)39)30(41)21(3)17-28(40)27(18-25-13-9-7-10-14-25)37-32(42)23(5)38(33(43)22(4)35)34(44)45-19-26-15-11-8-12-16-26/h7-16,20-23,27-29,31,40H,17-19,35-36H2,1-6H3,(H,37,42)/t21?,22-,23-,27-,28-,29+,31?/m0/s1. The number of nitrogens with two attached hydrogens (primary N) is 2. The van der Waals surface area contributed by atoms with Crippen LogP contribution in [0, 0.1) is 11.8 Å². The molecule has 0 aliphatic carbocycles. The molecule has 2 rings (SSSR count). The highest BCUT2D eigenvalue weighted by Crippen LogP contribution is 2.20. The van der Waals surface area contributed by atoms with E-state index in [1.54, 1.807) is 63.2 Å². The van der Waals surface area contributed by atoms with E-state index >= 15 is 0 Å². The average molecular weight is 641 g/mol. The van der Waals surface area contributed by atoms with E-state index in [1.165, 1.54) is 20.8 Å². The molecule has 0 radical (unpaired) electrons. The number of esters is 1. The van der Waals surface area contributed by atoms with Crippen molar-refractivity contribution in [3.8, 4) is 0 Å². The zero-order chi connectivity index (χ0) is 34.6. The number of aliphatic hydroxyl groups excluding tert-OH is 1. The number of imide groups is 1. The van der Waals surface area contributed by atoms with Gasteiger partial charge in [-0.3, -0.25) is 19.2 Å². The van der Waals surface area contributed by atoms with Crippen molar-refractivity contribution in [1.82, 2.24) is 10.2 Å². The fourth-order valence-corrected chi connectivity index (χ4v) is 4.80. The SMILES string of the molecule is CC(=O)OC(C(=O)C(C)C[C@H](O)[C@H](Cc1ccccc1)NC(=O)[C@H](C)N(C(=O)OCc1ccccc1)C(=O)[C@H](C)N)[C@H](N)C(C)C. The summed E-state index contributed by atoms with van der Waals surface area (Å²) in [5, 5.41) is 14.2. The summed E-state index contributed by atoms with van der Waals surface area (Å²) >= 11 is 0. The largest absolute Gasteiger partial charge is 0.453 e. The Morgan fingerprint density at radius 3 is 1.91 bits per heavy atom. The zero-order valence-electron chi connectivity index (χ0n) is 27.4. The number of rotatable bonds is 16. The first-order chi connectivity index (χ1) is 21.6. The van der Waals surface area contributed by atoms with E-state index in [0.29, 0.717) is 10.5 Å². The Morgan fingerprint density at radius 1 is 0.870 bits per heavy atom. The monoisotopic (exact) mass is 640 g/mol. The number of hydrogen-bond acceptors (Lipinski definition) is 10. The summed E-state index contributed by atoms with van der Waals surface area (Å²) in [4.78, 5) is 65.5. The normalized spacial score (nSPS) is 15.8. The van der Waals surface area contributed by atoms with Crippen molar-refractivity contribution in [3.63, 3.8) is 0 Å². The average Bonchev–Trinajstić information content (AvgIpc) is 3.02. The lowest BCUT2D eigenvalue weighted by atomic mass is 9.86. The number of amides is 3. The highest BCUT2D eigenvalue weighted by molar-refractivity contribution is 5.99. The molecule has 0 saturated carbocycles. The van der Waals surface area contributed by atoms with Crippen LogP contribution in [0.2, 0.25) is 0 Å². The number of ether oxygens (including phenoxy) is 2. The number of carbonyl (C=O) groups excluding carboxylic acids is 5. The predicted octanol–water partition coefficient (Wildman–Crippen LogP) is 2.49. The Balaban J connectivity index is 2.29. The highest BCUT2D eigenvalue weighted by Gasteiger charge is 2.38. The van der Waals surface area contributed by atoms with Crippen LogP contribution < -0.4 is 16.8 Å². The minimum absolute atomic E-state index is 0.102. The molecule has 12 nitrogen and oxygen atoms in total. The molecule has 0 saturated heterocycles. The Bertz CT molecular complexity index is 1300. The third kappa shape index (κ3) is 11.3. The quantitative estimate of drug-likeness (QED) is 0.198. The maximum atomic E-state index is 13.6. The second-order valence-electron chi connectivity index (χ2n) is 12.0. The first-order valence-electron chi connectivity index (χ1n) is 15.4. The number of aliphatic hydroxyl groups is 1. The lowest BCUT2D eigenvalue weighted by Gasteiger charge is -2.32. The Morgan fingerprint density at radius 2 is 1.41 bits per heavy atom. The lowest BCUT2D eigenvalue weighted by molar-refractivity contribution is -0.156. The summed E-state index contributed by atoms with van der Waals surface area (Å²) in [7, 11) is 0. The molecule has 0 fully saturated rings. The number of hydrogen-bond donors (Lipinski definition) is 4. The van der Waals surface area contributed by atoms with Crippen molar-refractivity contribution in [2.45, 2.75) is 97.4 Å². The minimum atomic E-state index is -1.36. The fraction of sp³-hybridized carbons (Fsp3) is 0.500. The first-order valence-corrected chi connectivity index (χ1v) is 15.4. The number of nitrogens with zero attached hydrogens (tertiary/aromatic N) is 1. The van der Waals surface area contributed by atoms with Crippen LogP contribution >= 0.6 is 0 Å².